The maximum Gasteiger partial charge on any atom is 0.412 e. The molecular weight excluding hydrogens is 477 g/mol. The van der Waals surface area contributed by atoms with E-state index in [1.807, 2.05) is 0 Å². The van der Waals surface area contributed by atoms with Gasteiger partial charge in [0.25, 0.3) is 10.0 Å². The van der Waals surface area contributed by atoms with E-state index in [0.717, 1.165) is 17.7 Å². The Morgan fingerprint density at radius 3 is 2.51 bits per heavy atom. The fourth-order valence-corrected chi connectivity index (χ4v) is 5.34. The Bertz CT molecular complexity index is 1230. The predicted octanol–water partition coefficient (Wildman–Crippen LogP) is 3.69. The van der Waals surface area contributed by atoms with Gasteiger partial charge in [0.2, 0.25) is 5.91 Å². The highest BCUT2D eigenvalue weighted by atomic mass is 32.2. The molecule has 2 amide bonds. The quantitative estimate of drug-likeness (QED) is 0.617. The summed E-state index contributed by atoms with van der Waals surface area (Å²) in [5, 5.41) is 5.37. The highest BCUT2D eigenvalue weighted by Crippen LogP contribution is 2.37. The lowest BCUT2D eigenvalue weighted by Crippen LogP contribution is -2.43. The largest absolute Gasteiger partial charge is 0.494 e. The number of amides is 2. The summed E-state index contributed by atoms with van der Waals surface area (Å²) in [6, 6.07) is 8.29. The van der Waals surface area contributed by atoms with Crippen LogP contribution in [-0.2, 0) is 26.0 Å². The summed E-state index contributed by atoms with van der Waals surface area (Å²) in [6.07, 6.45) is -0.157. The molecule has 1 aliphatic rings. The molecule has 9 nitrogen and oxygen atoms in total. The Morgan fingerprint density at radius 1 is 1.17 bits per heavy atom. The topological polar surface area (TPSA) is 114 Å². The van der Waals surface area contributed by atoms with Gasteiger partial charge in [0, 0.05) is 31.8 Å². The molecule has 2 aromatic rings. The van der Waals surface area contributed by atoms with Crippen molar-refractivity contribution in [2.75, 3.05) is 29.8 Å². The molecule has 0 aliphatic carbocycles. The zero-order chi connectivity index (χ0) is 26.0. The third kappa shape index (κ3) is 6.41. The molecule has 1 heterocycles. The van der Waals surface area contributed by atoms with Crippen molar-refractivity contribution in [2.24, 2.45) is 5.92 Å². The Balaban J connectivity index is 2.01. The summed E-state index contributed by atoms with van der Waals surface area (Å²) < 4.78 is 52.8. The zero-order valence-corrected chi connectivity index (χ0v) is 21.2. The van der Waals surface area contributed by atoms with Gasteiger partial charge in [-0.05, 0) is 62.9 Å². The number of carbonyl (C=O) groups is 2. The molecule has 0 saturated heterocycles. The average molecular weight is 508 g/mol. The molecule has 0 radical (unpaired) electrons. The lowest BCUT2D eigenvalue weighted by Gasteiger charge is -2.35. The summed E-state index contributed by atoms with van der Waals surface area (Å²) in [7, 11) is -2.89. The first-order chi connectivity index (χ1) is 16.3. The first kappa shape index (κ1) is 26.3. The van der Waals surface area contributed by atoms with Crippen LogP contribution < -0.4 is 19.7 Å². The minimum Gasteiger partial charge on any atom is -0.494 e. The second-order valence-electron chi connectivity index (χ2n) is 9.31. The van der Waals surface area contributed by atoms with Crippen LogP contribution >= 0.6 is 0 Å². The van der Waals surface area contributed by atoms with Gasteiger partial charge in [-0.1, -0.05) is 6.07 Å². The van der Waals surface area contributed by atoms with Crippen molar-refractivity contribution < 1.29 is 31.9 Å². The summed E-state index contributed by atoms with van der Waals surface area (Å²) >= 11 is 0. The third-order valence-corrected chi connectivity index (χ3v) is 7.06. The lowest BCUT2D eigenvalue weighted by molar-refractivity contribution is -0.119. The van der Waals surface area contributed by atoms with E-state index in [1.165, 1.54) is 24.4 Å². The Labute approximate surface area is 204 Å². The van der Waals surface area contributed by atoms with Crippen LogP contribution in [0.3, 0.4) is 0 Å². The van der Waals surface area contributed by atoms with Crippen molar-refractivity contribution >= 4 is 33.4 Å². The molecule has 35 heavy (non-hydrogen) atoms. The van der Waals surface area contributed by atoms with Crippen LogP contribution in [0, 0.1) is 11.7 Å². The maximum atomic E-state index is 13.9. The first-order valence-electron chi connectivity index (χ1n) is 11.0. The van der Waals surface area contributed by atoms with Gasteiger partial charge >= 0.3 is 6.09 Å². The fourth-order valence-electron chi connectivity index (χ4n) is 3.76. The van der Waals surface area contributed by atoms with Gasteiger partial charge < -0.3 is 14.8 Å². The van der Waals surface area contributed by atoms with Crippen molar-refractivity contribution in [3.8, 4) is 5.75 Å². The van der Waals surface area contributed by atoms with E-state index >= 15 is 0 Å². The number of nitrogens with zero attached hydrogens (tertiary/aromatic N) is 1. The highest BCUT2D eigenvalue weighted by molar-refractivity contribution is 7.92. The highest BCUT2D eigenvalue weighted by Gasteiger charge is 2.34. The molecule has 190 valence electrons. The van der Waals surface area contributed by atoms with Crippen molar-refractivity contribution in [1.82, 2.24) is 5.32 Å². The van der Waals surface area contributed by atoms with E-state index in [4.69, 9.17) is 9.47 Å². The van der Waals surface area contributed by atoms with Gasteiger partial charge in [0.05, 0.1) is 17.7 Å². The van der Waals surface area contributed by atoms with Crippen LogP contribution in [0.4, 0.5) is 20.6 Å². The molecule has 11 heteroatoms. The number of methoxy groups -OCH3 is 1. The van der Waals surface area contributed by atoms with E-state index in [2.05, 4.69) is 10.6 Å². The first-order valence-corrected chi connectivity index (χ1v) is 12.5. The second kappa shape index (κ2) is 10.1. The molecule has 1 aliphatic heterocycles. The van der Waals surface area contributed by atoms with Gasteiger partial charge in [-0.15, -0.1) is 0 Å². The van der Waals surface area contributed by atoms with Gasteiger partial charge in [-0.2, -0.15) is 0 Å². The number of fused-ring (bicyclic) bond motifs is 1. The average Bonchev–Trinajstić information content (AvgIpc) is 2.76. The number of hydrogen-bond acceptors (Lipinski definition) is 6. The van der Waals surface area contributed by atoms with Gasteiger partial charge in [-0.25, -0.2) is 17.6 Å². The normalized spacial score (nSPS) is 15.7. The van der Waals surface area contributed by atoms with Gasteiger partial charge in [-0.3, -0.25) is 14.4 Å². The minimum absolute atomic E-state index is 0.0746. The molecule has 0 bridgehead atoms. The van der Waals surface area contributed by atoms with Crippen LogP contribution in [0.5, 0.6) is 5.75 Å². The van der Waals surface area contributed by atoms with E-state index in [1.54, 1.807) is 39.0 Å². The number of hydrogen-bond donors (Lipinski definition) is 2. The van der Waals surface area contributed by atoms with Crippen molar-refractivity contribution in [3.63, 3.8) is 0 Å². The lowest BCUT2D eigenvalue weighted by atomic mass is 9.93. The maximum absolute atomic E-state index is 13.9. The number of carbonyl (C=O) groups excluding carboxylic acids is 2. The van der Waals surface area contributed by atoms with Crippen LogP contribution in [0.25, 0.3) is 0 Å². The van der Waals surface area contributed by atoms with Crippen molar-refractivity contribution in [3.05, 3.63) is 47.8 Å². The summed E-state index contributed by atoms with van der Waals surface area (Å²) in [5.74, 6) is -1.30. The number of benzene rings is 2. The molecular formula is C24H30FN3O6S. The minimum atomic E-state index is -4.14. The molecule has 1 atom stereocenters. The second-order valence-corrected chi connectivity index (χ2v) is 11.2. The molecule has 2 N–H and O–H groups in total. The van der Waals surface area contributed by atoms with Crippen LogP contribution in [-0.4, -0.2) is 46.2 Å². The molecule has 2 aromatic carbocycles. The number of halogens is 1. The van der Waals surface area contributed by atoms with E-state index < -0.39 is 27.5 Å². The Morgan fingerprint density at radius 2 is 1.89 bits per heavy atom. The molecule has 0 saturated carbocycles. The van der Waals surface area contributed by atoms with Gasteiger partial charge in [0.1, 0.15) is 5.60 Å². The van der Waals surface area contributed by atoms with Crippen molar-refractivity contribution in [2.45, 2.75) is 44.6 Å². The Hall–Kier alpha value is -3.34. The van der Waals surface area contributed by atoms with Crippen LogP contribution in [0.15, 0.2) is 41.3 Å². The molecule has 0 fully saturated rings. The summed E-state index contributed by atoms with van der Waals surface area (Å²) in [6.45, 7) is 6.96. The summed E-state index contributed by atoms with van der Waals surface area (Å²) in [5.41, 5.74) is 0.752. The number of nitrogens with one attached hydrogen (secondary N) is 2. The number of ether oxygens (including phenoxy) is 2. The SMILES string of the molecule is COc1cc(S(=O)(=O)N2CC(CNC(C)=O)Cc3ccc(NC(=O)OC(C)(C)C)cc32)ccc1F. The summed E-state index contributed by atoms with van der Waals surface area (Å²) in [4.78, 5) is 23.5. The van der Waals surface area contributed by atoms with Crippen molar-refractivity contribution in [1.29, 1.82) is 0 Å². The monoisotopic (exact) mass is 507 g/mol. The molecule has 0 spiro atoms. The predicted molar refractivity (Wildman–Crippen MR) is 130 cm³/mol. The fraction of sp³-hybridized carbons (Fsp3) is 0.417. The molecule has 3 rings (SSSR count). The Kier molecular flexibility index (Phi) is 7.59. The van der Waals surface area contributed by atoms with E-state index in [9.17, 15) is 22.4 Å². The van der Waals surface area contributed by atoms with Crippen LogP contribution in [0.1, 0.15) is 33.3 Å². The smallest absolute Gasteiger partial charge is 0.412 e. The van der Waals surface area contributed by atoms with E-state index in [-0.39, 0.29) is 35.6 Å². The molecule has 1 unspecified atom stereocenters. The zero-order valence-electron chi connectivity index (χ0n) is 20.3. The third-order valence-electron chi connectivity index (χ3n) is 5.28. The number of anilines is 2. The van der Waals surface area contributed by atoms with E-state index in [0.29, 0.717) is 17.8 Å². The standard InChI is InChI=1S/C24H30FN3O6S/c1-15(29)26-13-16-10-17-6-7-18(27-23(30)34-24(2,3)4)11-21(17)28(14-16)35(31,32)19-8-9-20(25)22(12-19)33-5/h6-9,11-12,16H,10,13-14H2,1-5H3,(H,26,29)(H,27,30). The molecule has 0 aromatic heterocycles. The van der Waals surface area contributed by atoms with Gasteiger partial charge in [0.15, 0.2) is 11.6 Å². The number of rotatable bonds is 6. The van der Waals surface area contributed by atoms with Crippen LogP contribution in [0.2, 0.25) is 0 Å². The number of sulfonamides is 1.